The molecule has 2 N–H and O–H groups in total. The summed E-state index contributed by atoms with van der Waals surface area (Å²) in [6.45, 7) is 2.07. The molecule has 0 amide bonds. The minimum Gasteiger partial charge on any atom is -0.329 e. The number of benzene rings is 2. The van der Waals surface area contributed by atoms with E-state index in [0.717, 1.165) is 16.7 Å². The van der Waals surface area contributed by atoms with Gasteiger partial charge in [-0.25, -0.2) is 8.78 Å². The highest BCUT2D eigenvalue weighted by atomic mass is 19.1. The van der Waals surface area contributed by atoms with E-state index in [1.54, 1.807) is 6.07 Å². The van der Waals surface area contributed by atoms with Gasteiger partial charge in [-0.05, 0) is 54.3 Å². The van der Waals surface area contributed by atoms with Crippen molar-refractivity contribution in [3.63, 3.8) is 0 Å². The first kappa shape index (κ1) is 17.2. The van der Waals surface area contributed by atoms with E-state index in [2.05, 4.69) is 4.98 Å². The van der Waals surface area contributed by atoms with Gasteiger partial charge in [0.2, 0.25) is 0 Å². The first-order chi connectivity index (χ1) is 12.0. The smallest absolute Gasteiger partial charge is 0.141 e. The number of rotatable bonds is 5. The molecule has 1 heterocycles. The molecular formula is C21H20F2N2. The van der Waals surface area contributed by atoms with Crippen LogP contribution in [0.1, 0.15) is 22.4 Å². The maximum Gasteiger partial charge on any atom is 0.141 e. The van der Waals surface area contributed by atoms with Gasteiger partial charge in [0.05, 0.1) is 17.3 Å². The molecule has 1 atom stereocenters. The Hall–Kier alpha value is -2.59. The first-order valence-electron chi connectivity index (χ1n) is 8.17. The minimum absolute atomic E-state index is 0.226. The molecule has 0 saturated heterocycles. The zero-order chi connectivity index (χ0) is 17.9. The first-order valence-corrected chi connectivity index (χ1v) is 8.17. The molecule has 0 fully saturated rings. The van der Waals surface area contributed by atoms with E-state index in [0.29, 0.717) is 12.1 Å². The predicted molar refractivity (Wildman–Crippen MR) is 95.3 cm³/mol. The summed E-state index contributed by atoms with van der Waals surface area (Å²) in [5, 5.41) is 0. The summed E-state index contributed by atoms with van der Waals surface area (Å²) >= 11 is 0. The quantitative estimate of drug-likeness (QED) is 0.759. The van der Waals surface area contributed by atoms with Gasteiger partial charge in [-0.1, -0.05) is 36.4 Å². The number of hydrogen-bond donors (Lipinski definition) is 1. The third-order valence-corrected chi connectivity index (χ3v) is 4.51. The fraction of sp³-hybridized carbons (Fsp3) is 0.190. The normalized spacial score (nSPS) is 13.4. The molecule has 0 aliphatic heterocycles. The van der Waals surface area contributed by atoms with E-state index in [-0.39, 0.29) is 12.4 Å². The molecule has 2 nitrogen and oxygen atoms in total. The predicted octanol–water partition coefficient (Wildman–Crippen LogP) is 4.16. The van der Waals surface area contributed by atoms with E-state index in [1.807, 2.05) is 43.3 Å². The summed E-state index contributed by atoms with van der Waals surface area (Å²) < 4.78 is 27.5. The molecule has 4 heteroatoms. The van der Waals surface area contributed by atoms with Crippen molar-refractivity contribution < 1.29 is 8.78 Å². The molecule has 0 bridgehead atoms. The van der Waals surface area contributed by atoms with Crippen molar-refractivity contribution in [1.29, 1.82) is 0 Å². The standard InChI is InChI=1S/C21H20F2N2/c1-15-9-17(11-19(23)10-15)21(14-24,12-16-5-3-2-4-6-16)20-8-7-18(22)13-25-20/h2-11,13H,12,14,24H2,1H3/t21-/m1/s1. The van der Waals surface area contributed by atoms with E-state index >= 15 is 0 Å². The Labute approximate surface area is 146 Å². The lowest BCUT2D eigenvalue weighted by Crippen LogP contribution is -2.39. The molecule has 0 aliphatic carbocycles. The second-order valence-electron chi connectivity index (χ2n) is 6.33. The van der Waals surface area contributed by atoms with Crippen LogP contribution in [0.2, 0.25) is 0 Å². The average Bonchev–Trinajstić information content (AvgIpc) is 2.60. The van der Waals surface area contributed by atoms with Gasteiger partial charge in [-0.2, -0.15) is 0 Å². The molecule has 2 aromatic carbocycles. The Kier molecular flexibility index (Phi) is 4.91. The van der Waals surface area contributed by atoms with Crippen LogP contribution in [0.5, 0.6) is 0 Å². The molecular weight excluding hydrogens is 318 g/mol. The van der Waals surface area contributed by atoms with Crippen molar-refractivity contribution in [3.05, 3.63) is 101 Å². The molecule has 3 rings (SSSR count). The molecule has 3 aromatic rings. The maximum atomic E-state index is 14.1. The molecule has 0 unspecified atom stereocenters. The van der Waals surface area contributed by atoms with E-state index < -0.39 is 11.2 Å². The van der Waals surface area contributed by atoms with Crippen molar-refractivity contribution >= 4 is 0 Å². The number of aryl methyl sites for hydroxylation is 1. The van der Waals surface area contributed by atoms with Gasteiger partial charge < -0.3 is 5.73 Å². The van der Waals surface area contributed by atoms with Crippen molar-refractivity contribution in [2.75, 3.05) is 6.54 Å². The summed E-state index contributed by atoms with van der Waals surface area (Å²) in [7, 11) is 0. The Morgan fingerprint density at radius 2 is 1.72 bits per heavy atom. The van der Waals surface area contributed by atoms with Crippen LogP contribution >= 0.6 is 0 Å². The van der Waals surface area contributed by atoms with Gasteiger partial charge >= 0.3 is 0 Å². The number of hydrogen-bond acceptors (Lipinski definition) is 2. The number of nitrogens with zero attached hydrogens (tertiary/aromatic N) is 1. The van der Waals surface area contributed by atoms with Crippen LogP contribution < -0.4 is 5.73 Å². The Bertz CT molecular complexity index is 827. The van der Waals surface area contributed by atoms with Crippen LogP contribution in [0, 0.1) is 18.6 Å². The molecule has 25 heavy (non-hydrogen) atoms. The van der Waals surface area contributed by atoms with Gasteiger partial charge in [-0.15, -0.1) is 0 Å². The monoisotopic (exact) mass is 338 g/mol. The van der Waals surface area contributed by atoms with Crippen LogP contribution in [-0.2, 0) is 11.8 Å². The lowest BCUT2D eigenvalue weighted by Gasteiger charge is -2.33. The van der Waals surface area contributed by atoms with Crippen molar-refractivity contribution in [3.8, 4) is 0 Å². The highest BCUT2D eigenvalue weighted by Gasteiger charge is 2.35. The molecule has 0 aliphatic rings. The van der Waals surface area contributed by atoms with E-state index in [4.69, 9.17) is 5.73 Å². The summed E-state index contributed by atoms with van der Waals surface area (Å²) in [5.74, 6) is -0.729. The summed E-state index contributed by atoms with van der Waals surface area (Å²) in [4.78, 5) is 4.28. The second-order valence-corrected chi connectivity index (χ2v) is 6.33. The lowest BCUT2D eigenvalue weighted by molar-refractivity contribution is 0.497. The van der Waals surface area contributed by atoms with Crippen LogP contribution in [0.25, 0.3) is 0 Å². The fourth-order valence-corrected chi connectivity index (χ4v) is 3.25. The maximum absolute atomic E-state index is 14.1. The Balaban J connectivity index is 2.19. The van der Waals surface area contributed by atoms with Crippen molar-refractivity contribution in [2.45, 2.75) is 18.8 Å². The number of nitrogens with two attached hydrogens (primary N) is 1. The fourth-order valence-electron chi connectivity index (χ4n) is 3.25. The molecule has 0 radical (unpaired) electrons. The van der Waals surface area contributed by atoms with Crippen LogP contribution in [0.4, 0.5) is 8.78 Å². The van der Waals surface area contributed by atoms with Crippen LogP contribution in [0.3, 0.4) is 0 Å². The molecule has 0 spiro atoms. The van der Waals surface area contributed by atoms with Gasteiger partial charge in [0.25, 0.3) is 0 Å². The Morgan fingerprint density at radius 3 is 2.32 bits per heavy atom. The SMILES string of the molecule is Cc1cc(F)cc([C@](CN)(Cc2ccccc2)c2ccc(F)cn2)c1. The molecule has 0 saturated carbocycles. The largest absolute Gasteiger partial charge is 0.329 e. The van der Waals surface area contributed by atoms with Gasteiger partial charge in [0.15, 0.2) is 0 Å². The zero-order valence-electron chi connectivity index (χ0n) is 14.0. The molecule has 1 aromatic heterocycles. The summed E-state index contributed by atoms with van der Waals surface area (Å²) in [6.07, 6.45) is 1.72. The number of pyridine rings is 1. The highest BCUT2D eigenvalue weighted by Crippen LogP contribution is 2.35. The van der Waals surface area contributed by atoms with Gasteiger partial charge in [-0.3, -0.25) is 4.98 Å². The summed E-state index contributed by atoms with van der Waals surface area (Å²) in [5.41, 5.74) is 8.71. The lowest BCUT2D eigenvalue weighted by atomic mass is 9.72. The van der Waals surface area contributed by atoms with Crippen LogP contribution in [-0.4, -0.2) is 11.5 Å². The Morgan fingerprint density at radius 1 is 0.960 bits per heavy atom. The zero-order valence-corrected chi connectivity index (χ0v) is 14.0. The van der Waals surface area contributed by atoms with Gasteiger partial charge in [0.1, 0.15) is 11.6 Å². The minimum atomic E-state index is -0.734. The third kappa shape index (κ3) is 3.59. The summed E-state index contributed by atoms with van der Waals surface area (Å²) in [6, 6.07) is 17.7. The number of halogens is 2. The highest BCUT2D eigenvalue weighted by molar-refractivity contribution is 5.41. The van der Waals surface area contributed by atoms with Crippen molar-refractivity contribution in [1.82, 2.24) is 4.98 Å². The van der Waals surface area contributed by atoms with Gasteiger partial charge in [0, 0.05) is 6.54 Å². The topological polar surface area (TPSA) is 38.9 Å². The van der Waals surface area contributed by atoms with Crippen molar-refractivity contribution in [2.24, 2.45) is 5.73 Å². The second kappa shape index (κ2) is 7.11. The van der Waals surface area contributed by atoms with E-state index in [1.165, 1.54) is 24.4 Å². The average molecular weight is 338 g/mol. The van der Waals surface area contributed by atoms with E-state index in [9.17, 15) is 8.78 Å². The molecule has 128 valence electrons. The third-order valence-electron chi connectivity index (χ3n) is 4.51. The number of aromatic nitrogens is 1. The van der Waals surface area contributed by atoms with Crippen LogP contribution in [0.15, 0.2) is 66.9 Å².